The van der Waals surface area contributed by atoms with Gasteiger partial charge in [-0.15, -0.1) is 0 Å². The van der Waals surface area contributed by atoms with E-state index >= 15 is 0 Å². The molecule has 0 N–H and O–H groups in total. The quantitative estimate of drug-likeness (QED) is 0.149. The van der Waals surface area contributed by atoms with Crippen molar-refractivity contribution in [2.75, 3.05) is 0 Å². The molecule has 3 heterocycles. The lowest BCUT2D eigenvalue weighted by Gasteiger charge is -2.15. The monoisotopic (exact) mass is 953 g/mol. The summed E-state index contributed by atoms with van der Waals surface area (Å²) in [6.07, 6.45) is 0. The van der Waals surface area contributed by atoms with Crippen LogP contribution < -0.4 is 0 Å². The van der Waals surface area contributed by atoms with Gasteiger partial charge < -0.3 is 4.42 Å². The number of benzene rings is 12. The van der Waals surface area contributed by atoms with E-state index in [0.29, 0.717) is 5.89 Å². The lowest BCUT2D eigenvalue weighted by atomic mass is 9.92. The fourth-order valence-corrected chi connectivity index (χ4v) is 11.1. The standard InChI is InChI=1S/C71H43N3O/c1-5-17-48-33-52(29-25-44(48)13-1)65-40-58(41-66(72-65)53-30-26-45-14-2-6-18-49(45)34-53)56-37-57(39-60(38-56)71-74-69-63-23-11-9-21-61(63)62-22-10-12-24-64(62)70(69)75-71)59-42-67(54-31-27-46-15-3-7-19-50(46)35-54)73-68(43-59)55-32-28-47-16-4-8-20-51(47)36-55/h1-43H. The fourth-order valence-electron chi connectivity index (χ4n) is 11.1. The number of rotatable bonds is 7. The molecule has 0 aliphatic carbocycles. The minimum absolute atomic E-state index is 0.548. The molecule has 0 aliphatic rings. The zero-order valence-corrected chi connectivity index (χ0v) is 40.6. The molecule has 0 fully saturated rings. The Morgan fingerprint density at radius 1 is 0.213 bits per heavy atom. The molecule has 15 rings (SSSR count). The van der Waals surface area contributed by atoms with Crippen LogP contribution in [-0.2, 0) is 0 Å². The molecule has 3 aromatic heterocycles. The molecule has 0 atom stereocenters. The Labute approximate surface area is 432 Å². The van der Waals surface area contributed by atoms with Crippen molar-refractivity contribution >= 4 is 75.7 Å². The van der Waals surface area contributed by atoms with Gasteiger partial charge in [-0.25, -0.2) is 15.0 Å². The first-order valence-corrected chi connectivity index (χ1v) is 25.5. The van der Waals surface area contributed by atoms with Gasteiger partial charge in [0.2, 0.25) is 5.89 Å². The Balaban J connectivity index is 0.995. The number of fused-ring (bicyclic) bond motifs is 10. The molecular formula is C71H43N3O. The topological polar surface area (TPSA) is 51.8 Å². The van der Waals surface area contributed by atoms with Crippen molar-refractivity contribution in [2.24, 2.45) is 0 Å². The molecule has 15 aromatic rings. The summed E-state index contributed by atoms with van der Waals surface area (Å²) in [6.45, 7) is 0. The minimum atomic E-state index is 0.548. The van der Waals surface area contributed by atoms with Crippen LogP contribution in [0.25, 0.3) is 154 Å². The number of pyridine rings is 2. The van der Waals surface area contributed by atoms with Crippen LogP contribution in [-0.4, -0.2) is 15.0 Å². The highest BCUT2D eigenvalue weighted by atomic mass is 16.3. The SMILES string of the molecule is c1ccc2cc(-c3cc(-c4cc(-c5cc(-c6ccc7ccccc7c6)nc(-c6ccc7ccccc7c6)c5)cc(-c5nc6c7ccccc7c7ccccc7c6o5)c4)cc(-c4ccc5ccccc5c4)n3)ccc2c1. The van der Waals surface area contributed by atoms with Gasteiger partial charge in [0.05, 0.1) is 22.8 Å². The Morgan fingerprint density at radius 2 is 0.520 bits per heavy atom. The van der Waals surface area contributed by atoms with Gasteiger partial charge in [0.25, 0.3) is 0 Å². The third kappa shape index (κ3) is 7.58. The normalized spacial score (nSPS) is 11.7. The molecule has 0 aliphatic heterocycles. The second kappa shape index (κ2) is 17.3. The molecule has 12 aromatic carbocycles. The summed E-state index contributed by atoms with van der Waals surface area (Å²) in [6, 6.07) is 93.2. The van der Waals surface area contributed by atoms with Crippen LogP contribution in [0.3, 0.4) is 0 Å². The number of oxazole rings is 1. The summed E-state index contributed by atoms with van der Waals surface area (Å²) in [7, 11) is 0. The molecule has 0 amide bonds. The lowest BCUT2D eigenvalue weighted by molar-refractivity contribution is 0.623. The first-order valence-electron chi connectivity index (χ1n) is 25.5. The molecule has 348 valence electrons. The second-order valence-electron chi connectivity index (χ2n) is 19.6. The number of hydrogen-bond acceptors (Lipinski definition) is 4. The largest absolute Gasteiger partial charge is 0.435 e. The molecule has 0 bridgehead atoms. The molecule has 0 spiro atoms. The molecule has 0 unspecified atom stereocenters. The average Bonchev–Trinajstić information content (AvgIpc) is 3.98. The predicted octanol–water partition coefficient (Wildman–Crippen LogP) is 19.2. The number of aromatic nitrogens is 3. The summed E-state index contributed by atoms with van der Waals surface area (Å²) in [5, 5.41) is 13.8. The van der Waals surface area contributed by atoms with E-state index in [1.807, 2.05) is 0 Å². The second-order valence-corrected chi connectivity index (χ2v) is 19.6. The van der Waals surface area contributed by atoms with Gasteiger partial charge in [0.1, 0.15) is 5.52 Å². The molecule has 4 heteroatoms. The highest BCUT2D eigenvalue weighted by Gasteiger charge is 2.20. The van der Waals surface area contributed by atoms with E-state index in [0.717, 1.165) is 127 Å². The van der Waals surface area contributed by atoms with Crippen LogP contribution in [0.5, 0.6) is 0 Å². The van der Waals surface area contributed by atoms with Crippen molar-refractivity contribution < 1.29 is 4.42 Å². The molecule has 75 heavy (non-hydrogen) atoms. The van der Waals surface area contributed by atoms with Crippen LogP contribution in [0.4, 0.5) is 0 Å². The summed E-state index contributed by atoms with van der Waals surface area (Å²) in [4.78, 5) is 16.3. The van der Waals surface area contributed by atoms with Crippen molar-refractivity contribution in [2.45, 2.75) is 0 Å². The first kappa shape index (κ1) is 42.6. The Bertz CT molecular complexity index is 4310. The maximum Gasteiger partial charge on any atom is 0.227 e. The van der Waals surface area contributed by atoms with E-state index < -0.39 is 0 Å². The van der Waals surface area contributed by atoms with Gasteiger partial charge in [-0.1, -0.05) is 194 Å². The number of hydrogen-bond donors (Lipinski definition) is 0. The zero-order chi connectivity index (χ0) is 49.4. The van der Waals surface area contributed by atoms with Crippen molar-refractivity contribution in [3.63, 3.8) is 0 Å². The highest BCUT2D eigenvalue weighted by Crippen LogP contribution is 2.42. The van der Waals surface area contributed by atoms with Gasteiger partial charge in [-0.05, 0) is 143 Å². The van der Waals surface area contributed by atoms with Gasteiger partial charge in [0.15, 0.2) is 5.58 Å². The van der Waals surface area contributed by atoms with E-state index in [4.69, 9.17) is 19.4 Å². The Kier molecular flexibility index (Phi) is 9.85. The van der Waals surface area contributed by atoms with E-state index in [2.05, 4.69) is 261 Å². The van der Waals surface area contributed by atoms with Crippen molar-refractivity contribution in [3.8, 4) is 78.7 Å². The fraction of sp³-hybridized carbons (Fsp3) is 0. The Hall–Kier alpha value is -10.0. The summed E-state index contributed by atoms with van der Waals surface area (Å²) >= 11 is 0. The maximum absolute atomic E-state index is 7.06. The van der Waals surface area contributed by atoms with Crippen LogP contribution in [0.15, 0.2) is 265 Å². The smallest absolute Gasteiger partial charge is 0.227 e. The molecule has 0 saturated heterocycles. The molecule has 4 nitrogen and oxygen atoms in total. The lowest BCUT2D eigenvalue weighted by Crippen LogP contribution is -1.94. The number of nitrogens with zero attached hydrogens (tertiary/aromatic N) is 3. The van der Waals surface area contributed by atoms with Crippen molar-refractivity contribution in [3.05, 3.63) is 261 Å². The minimum Gasteiger partial charge on any atom is -0.435 e. The molecular weight excluding hydrogens is 911 g/mol. The zero-order valence-electron chi connectivity index (χ0n) is 40.6. The van der Waals surface area contributed by atoms with E-state index in [9.17, 15) is 0 Å². The van der Waals surface area contributed by atoms with Crippen LogP contribution in [0.2, 0.25) is 0 Å². The van der Waals surface area contributed by atoms with Crippen molar-refractivity contribution in [1.29, 1.82) is 0 Å². The molecule has 0 radical (unpaired) electrons. The van der Waals surface area contributed by atoms with Crippen molar-refractivity contribution in [1.82, 2.24) is 15.0 Å². The third-order valence-corrected chi connectivity index (χ3v) is 14.9. The average molecular weight is 954 g/mol. The van der Waals surface area contributed by atoms with E-state index in [-0.39, 0.29) is 0 Å². The van der Waals surface area contributed by atoms with Gasteiger partial charge in [-0.2, -0.15) is 0 Å². The summed E-state index contributed by atoms with van der Waals surface area (Å²) in [5.74, 6) is 0.548. The Morgan fingerprint density at radius 3 is 0.920 bits per heavy atom. The maximum atomic E-state index is 7.06. The molecule has 0 saturated carbocycles. The highest BCUT2D eigenvalue weighted by molar-refractivity contribution is 6.23. The summed E-state index contributed by atoms with van der Waals surface area (Å²) in [5.41, 5.74) is 14.2. The summed E-state index contributed by atoms with van der Waals surface area (Å²) < 4.78 is 7.06. The third-order valence-electron chi connectivity index (χ3n) is 14.9. The predicted molar refractivity (Wildman–Crippen MR) is 313 cm³/mol. The van der Waals surface area contributed by atoms with Gasteiger partial charge in [0, 0.05) is 38.6 Å². The van der Waals surface area contributed by atoms with Crippen LogP contribution in [0.1, 0.15) is 0 Å². The first-order chi connectivity index (χ1) is 37.1. The van der Waals surface area contributed by atoms with Gasteiger partial charge >= 0.3 is 0 Å². The van der Waals surface area contributed by atoms with E-state index in [1.165, 1.54) is 21.5 Å². The van der Waals surface area contributed by atoms with Gasteiger partial charge in [-0.3, -0.25) is 0 Å². The van der Waals surface area contributed by atoms with E-state index in [1.54, 1.807) is 0 Å². The van der Waals surface area contributed by atoms with Crippen LogP contribution >= 0.6 is 0 Å². The van der Waals surface area contributed by atoms with Crippen LogP contribution in [0, 0.1) is 0 Å².